The number of nitrogens with one attached hydrogen (secondary N) is 1. The second-order valence-corrected chi connectivity index (χ2v) is 4.99. The Morgan fingerprint density at radius 1 is 1.28 bits per heavy atom. The van der Waals surface area contributed by atoms with Gasteiger partial charge in [0.1, 0.15) is 0 Å². The molecule has 0 aliphatic rings. The van der Waals surface area contributed by atoms with Crippen LogP contribution in [0.5, 0.6) is 0 Å². The molecule has 1 heterocycles. The van der Waals surface area contributed by atoms with Crippen LogP contribution in [0.2, 0.25) is 0 Å². The van der Waals surface area contributed by atoms with E-state index in [1.807, 2.05) is 31.3 Å². The topological polar surface area (TPSA) is 37.8 Å². The van der Waals surface area contributed by atoms with E-state index in [0.717, 1.165) is 34.3 Å². The van der Waals surface area contributed by atoms with Crippen LogP contribution in [0.25, 0.3) is 11.3 Å². The SMILES string of the molecule is CCCNc1ncc(C)c(-c2ccccc2Br)n1. The standard InChI is InChI=1S/C14H16BrN3/c1-3-8-16-14-17-9-10(2)13(18-14)11-6-4-5-7-12(11)15/h4-7,9H,3,8H2,1-2H3,(H,16,17,18). The van der Waals surface area contributed by atoms with Gasteiger partial charge in [-0.1, -0.05) is 41.1 Å². The molecule has 0 radical (unpaired) electrons. The minimum absolute atomic E-state index is 0.688. The summed E-state index contributed by atoms with van der Waals surface area (Å²) in [5, 5.41) is 3.21. The van der Waals surface area contributed by atoms with E-state index >= 15 is 0 Å². The molecule has 0 bridgehead atoms. The van der Waals surface area contributed by atoms with Gasteiger partial charge in [-0.3, -0.25) is 0 Å². The third kappa shape index (κ3) is 2.88. The number of hydrogen-bond donors (Lipinski definition) is 1. The number of nitrogens with zero attached hydrogens (tertiary/aromatic N) is 2. The Morgan fingerprint density at radius 3 is 2.78 bits per heavy atom. The van der Waals surface area contributed by atoms with Gasteiger partial charge in [0.15, 0.2) is 0 Å². The van der Waals surface area contributed by atoms with Crippen LogP contribution in [0, 0.1) is 6.92 Å². The Balaban J connectivity index is 2.40. The van der Waals surface area contributed by atoms with Crippen molar-refractivity contribution in [3.63, 3.8) is 0 Å². The highest BCUT2D eigenvalue weighted by Gasteiger charge is 2.08. The Bertz CT molecular complexity index is 540. The summed E-state index contributed by atoms with van der Waals surface area (Å²) >= 11 is 3.56. The highest BCUT2D eigenvalue weighted by atomic mass is 79.9. The van der Waals surface area contributed by atoms with Crippen molar-refractivity contribution in [3.05, 3.63) is 40.5 Å². The molecular formula is C14H16BrN3. The molecule has 1 aromatic heterocycles. The number of hydrogen-bond acceptors (Lipinski definition) is 3. The molecule has 0 spiro atoms. The van der Waals surface area contributed by atoms with E-state index in [1.54, 1.807) is 0 Å². The molecule has 0 aliphatic carbocycles. The maximum Gasteiger partial charge on any atom is 0.223 e. The van der Waals surface area contributed by atoms with Gasteiger partial charge in [0.2, 0.25) is 5.95 Å². The molecule has 0 atom stereocenters. The molecule has 3 nitrogen and oxygen atoms in total. The zero-order valence-corrected chi connectivity index (χ0v) is 12.2. The Kier molecular flexibility index (Phi) is 4.31. The van der Waals surface area contributed by atoms with Gasteiger partial charge in [-0.25, -0.2) is 9.97 Å². The first kappa shape index (κ1) is 13.0. The summed E-state index contributed by atoms with van der Waals surface area (Å²) in [6.45, 7) is 5.03. The summed E-state index contributed by atoms with van der Waals surface area (Å²) < 4.78 is 1.05. The predicted molar refractivity (Wildman–Crippen MR) is 78.7 cm³/mol. The second kappa shape index (κ2) is 5.96. The summed E-state index contributed by atoms with van der Waals surface area (Å²) in [6.07, 6.45) is 2.92. The molecule has 1 N–H and O–H groups in total. The first-order valence-corrected chi connectivity index (χ1v) is 6.84. The fraction of sp³-hybridized carbons (Fsp3) is 0.286. The maximum atomic E-state index is 4.59. The molecule has 1 aromatic carbocycles. The smallest absolute Gasteiger partial charge is 0.223 e. The van der Waals surface area contributed by atoms with Crippen LogP contribution in [0.1, 0.15) is 18.9 Å². The summed E-state index contributed by atoms with van der Waals surface area (Å²) in [5.41, 5.74) is 3.14. The minimum atomic E-state index is 0.688. The molecular weight excluding hydrogens is 290 g/mol. The van der Waals surface area contributed by atoms with Gasteiger partial charge in [-0.15, -0.1) is 0 Å². The zero-order chi connectivity index (χ0) is 13.0. The lowest BCUT2D eigenvalue weighted by molar-refractivity contribution is 0.950. The summed E-state index contributed by atoms with van der Waals surface area (Å²) in [6, 6.07) is 8.10. The molecule has 2 rings (SSSR count). The lowest BCUT2D eigenvalue weighted by atomic mass is 10.1. The Hall–Kier alpha value is -1.42. The highest BCUT2D eigenvalue weighted by molar-refractivity contribution is 9.10. The molecule has 18 heavy (non-hydrogen) atoms. The van der Waals surface area contributed by atoms with Crippen LogP contribution in [-0.2, 0) is 0 Å². The third-order valence-corrected chi connectivity index (χ3v) is 3.33. The molecule has 0 aliphatic heterocycles. The van der Waals surface area contributed by atoms with Crippen LogP contribution < -0.4 is 5.32 Å². The number of benzene rings is 1. The van der Waals surface area contributed by atoms with Crippen LogP contribution in [0.4, 0.5) is 5.95 Å². The zero-order valence-electron chi connectivity index (χ0n) is 10.6. The average Bonchev–Trinajstić information content (AvgIpc) is 2.39. The number of aromatic nitrogens is 2. The minimum Gasteiger partial charge on any atom is -0.354 e. The van der Waals surface area contributed by atoms with Crippen molar-refractivity contribution >= 4 is 21.9 Å². The summed E-state index contributed by atoms with van der Waals surface area (Å²) in [4.78, 5) is 8.88. The largest absolute Gasteiger partial charge is 0.354 e. The van der Waals surface area contributed by atoms with Crippen molar-refractivity contribution in [1.82, 2.24) is 9.97 Å². The van der Waals surface area contributed by atoms with Crippen molar-refractivity contribution < 1.29 is 0 Å². The van der Waals surface area contributed by atoms with Gasteiger partial charge >= 0.3 is 0 Å². The lowest BCUT2D eigenvalue weighted by Gasteiger charge is -2.09. The van der Waals surface area contributed by atoms with E-state index in [-0.39, 0.29) is 0 Å². The summed E-state index contributed by atoms with van der Waals surface area (Å²) in [5.74, 6) is 0.688. The predicted octanol–water partition coefficient (Wildman–Crippen LogP) is 4.04. The van der Waals surface area contributed by atoms with E-state index in [0.29, 0.717) is 5.95 Å². The fourth-order valence-corrected chi connectivity index (χ4v) is 2.16. The molecule has 0 saturated carbocycles. The van der Waals surface area contributed by atoms with Crippen molar-refractivity contribution in [3.8, 4) is 11.3 Å². The Labute approximate surface area is 116 Å². The van der Waals surface area contributed by atoms with Gasteiger partial charge in [-0.2, -0.15) is 0 Å². The maximum absolute atomic E-state index is 4.59. The normalized spacial score (nSPS) is 10.4. The van der Waals surface area contributed by atoms with Crippen LogP contribution in [0.15, 0.2) is 34.9 Å². The first-order valence-electron chi connectivity index (χ1n) is 6.04. The molecule has 0 amide bonds. The van der Waals surface area contributed by atoms with E-state index < -0.39 is 0 Å². The number of aryl methyl sites for hydroxylation is 1. The van der Waals surface area contributed by atoms with Crippen molar-refractivity contribution in [2.75, 3.05) is 11.9 Å². The number of halogens is 1. The molecule has 94 valence electrons. The van der Waals surface area contributed by atoms with Crippen LogP contribution in [0.3, 0.4) is 0 Å². The Morgan fingerprint density at radius 2 is 2.06 bits per heavy atom. The monoisotopic (exact) mass is 305 g/mol. The van der Waals surface area contributed by atoms with Gasteiger partial charge in [0, 0.05) is 22.8 Å². The van der Waals surface area contributed by atoms with E-state index in [1.165, 1.54) is 0 Å². The molecule has 0 unspecified atom stereocenters. The van der Waals surface area contributed by atoms with Crippen molar-refractivity contribution in [2.45, 2.75) is 20.3 Å². The molecule has 4 heteroatoms. The number of rotatable bonds is 4. The van der Waals surface area contributed by atoms with Gasteiger partial charge in [0.05, 0.1) is 5.69 Å². The van der Waals surface area contributed by atoms with Crippen molar-refractivity contribution in [2.24, 2.45) is 0 Å². The van der Waals surface area contributed by atoms with E-state index in [4.69, 9.17) is 0 Å². The van der Waals surface area contributed by atoms with Gasteiger partial charge in [-0.05, 0) is 25.0 Å². The quantitative estimate of drug-likeness (QED) is 0.926. The third-order valence-electron chi connectivity index (χ3n) is 2.63. The second-order valence-electron chi connectivity index (χ2n) is 4.13. The van der Waals surface area contributed by atoms with Gasteiger partial charge in [0.25, 0.3) is 0 Å². The average molecular weight is 306 g/mol. The van der Waals surface area contributed by atoms with Crippen LogP contribution >= 0.6 is 15.9 Å². The number of anilines is 1. The fourth-order valence-electron chi connectivity index (χ4n) is 1.69. The summed E-state index contributed by atoms with van der Waals surface area (Å²) in [7, 11) is 0. The molecule has 0 fully saturated rings. The van der Waals surface area contributed by atoms with Crippen LogP contribution in [-0.4, -0.2) is 16.5 Å². The molecule has 2 aromatic rings. The van der Waals surface area contributed by atoms with Crippen molar-refractivity contribution in [1.29, 1.82) is 0 Å². The lowest BCUT2D eigenvalue weighted by Crippen LogP contribution is -2.05. The molecule has 0 saturated heterocycles. The van der Waals surface area contributed by atoms with E-state index in [9.17, 15) is 0 Å². The first-order chi connectivity index (χ1) is 8.72. The van der Waals surface area contributed by atoms with Gasteiger partial charge < -0.3 is 5.32 Å². The highest BCUT2D eigenvalue weighted by Crippen LogP contribution is 2.28. The van der Waals surface area contributed by atoms with E-state index in [2.05, 4.69) is 44.2 Å².